The summed E-state index contributed by atoms with van der Waals surface area (Å²) in [5.74, 6) is -0.560. The molecule has 0 unspecified atom stereocenters. The molecule has 0 aliphatic rings. The summed E-state index contributed by atoms with van der Waals surface area (Å²) < 4.78 is 38.3. The molecular weight excluding hydrogens is 383 g/mol. The van der Waals surface area contributed by atoms with Gasteiger partial charge in [-0.25, -0.2) is 4.98 Å². The summed E-state index contributed by atoms with van der Waals surface area (Å²) in [5.41, 5.74) is 2.48. The molecule has 0 spiro atoms. The number of nitrogens with zero attached hydrogens (tertiary/aromatic N) is 2. The average molecular weight is 401 g/mol. The molecule has 8 heteroatoms. The number of alkyl halides is 3. The van der Waals surface area contributed by atoms with E-state index in [-0.39, 0.29) is 17.9 Å². The van der Waals surface area contributed by atoms with E-state index < -0.39 is 17.8 Å². The zero-order chi connectivity index (χ0) is 21.2. The van der Waals surface area contributed by atoms with Crippen molar-refractivity contribution in [1.82, 2.24) is 9.97 Å². The van der Waals surface area contributed by atoms with E-state index in [4.69, 9.17) is 0 Å². The number of hydrogen-bond donors (Lipinski definition) is 2. The summed E-state index contributed by atoms with van der Waals surface area (Å²) in [5, 5.41) is 12.0. The maximum absolute atomic E-state index is 12.8. The Balaban J connectivity index is 1.88. The Hall–Kier alpha value is -3.26. The van der Waals surface area contributed by atoms with Gasteiger partial charge in [0.1, 0.15) is 5.69 Å². The molecule has 0 radical (unpaired) electrons. The van der Waals surface area contributed by atoms with Crippen LogP contribution in [0.25, 0.3) is 11.3 Å². The molecule has 0 aliphatic carbocycles. The highest BCUT2D eigenvalue weighted by Gasteiger charge is 2.33. The molecular formula is C21H18F3N3O2. The number of anilines is 1. The molecule has 0 bridgehead atoms. The predicted molar refractivity (Wildman–Crippen MR) is 102 cm³/mol. The summed E-state index contributed by atoms with van der Waals surface area (Å²) in [6.07, 6.45) is -2.98. The van der Waals surface area contributed by atoms with Crippen LogP contribution in [0.4, 0.5) is 18.9 Å². The Bertz CT molecular complexity index is 1070. The van der Waals surface area contributed by atoms with Crippen molar-refractivity contribution in [2.75, 3.05) is 5.32 Å². The molecule has 150 valence electrons. The van der Waals surface area contributed by atoms with Crippen molar-refractivity contribution >= 4 is 11.6 Å². The lowest BCUT2D eigenvalue weighted by Crippen LogP contribution is -2.16. The first-order valence-electron chi connectivity index (χ1n) is 8.72. The number of nitrogens with one attached hydrogen (secondary N) is 1. The highest BCUT2D eigenvalue weighted by Crippen LogP contribution is 2.29. The van der Waals surface area contributed by atoms with Gasteiger partial charge in [0.05, 0.1) is 23.6 Å². The van der Waals surface area contributed by atoms with Crippen molar-refractivity contribution in [3.63, 3.8) is 0 Å². The molecule has 1 amide bonds. The Kier molecular flexibility index (Phi) is 5.65. The molecule has 1 aromatic carbocycles. The largest absolute Gasteiger partial charge is 0.433 e. The number of pyridine rings is 2. The Labute approximate surface area is 165 Å². The van der Waals surface area contributed by atoms with Crippen LogP contribution in [0, 0.1) is 13.8 Å². The van der Waals surface area contributed by atoms with Gasteiger partial charge in [0.2, 0.25) is 0 Å². The lowest BCUT2D eigenvalue weighted by molar-refractivity contribution is -0.141. The van der Waals surface area contributed by atoms with E-state index in [2.05, 4.69) is 15.3 Å². The first kappa shape index (κ1) is 20.5. The van der Waals surface area contributed by atoms with Gasteiger partial charge in [0, 0.05) is 17.4 Å². The van der Waals surface area contributed by atoms with Gasteiger partial charge in [-0.3, -0.25) is 9.78 Å². The van der Waals surface area contributed by atoms with E-state index in [0.29, 0.717) is 16.9 Å². The molecule has 0 fully saturated rings. The minimum atomic E-state index is -4.57. The van der Waals surface area contributed by atoms with Gasteiger partial charge in [-0.1, -0.05) is 6.07 Å². The third-order valence-corrected chi connectivity index (χ3v) is 4.40. The van der Waals surface area contributed by atoms with Gasteiger partial charge < -0.3 is 10.4 Å². The van der Waals surface area contributed by atoms with Crippen LogP contribution in [0.15, 0.2) is 48.7 Å². The van der Waals surface area contributed by atoms with Crippen molar-refractivity contribution in [3.8, 4) is 11.3 Å². The molecule has 2 N–H and O–H groups in total. The second-order valence-corrected chi connectivity index (χ2v) is 6.52. The highest BCUT2D eigenvalue weighted by atomic mass is 19.4. The number of halogens is 3. The standard InChI is InChI=1S/C21H18F3N3O2/c1-12-3-4-15(10-17(12)18-9-14(11-28)7-8-25-18)27-20(29)16-5-6-19(21(22,23)24)26-13(16)2/h3-10,28H,11H2,1-2H3,(H,27,29). The molecule has 0 atom stereocenters. The number of aryl methyl sites for hydroxylation is 2. The molecule has 2 heterocycles. The van der Waals surface area contributed by atoms with Crippen molar-refractivity contribution in [2.45, 2.75) is 26.6 Å². The number of benzene rings is 1. The first-order valence-corrected chi connectivity index (χ1v) is 8.72. The number of carbonyl (C=O) groups excluding carboxylic acids is 1. The molecule has 3 rings (SSSR count). The van der Waals surface area contributed by atoms with E-state index in [9.17, 15) is 23.1 Å². The summed E-state index contributed by atoms with van der Waals surface area (Å²) in [7, 11) is 0. The minimum Gasteiger partial charge on any atom is -0.392 e. The van der Waals surface area contributed by atoms with Crippen LogP contribution in [0.1, 0.15) is 32.9 Å². The van der Waals surface area contributed by atoms with E-state index in [1.807, 2.05) is 6.92 Å². The summed E-state index contributed by atoms with van der Waals surface area (Å²) >= 11 is 0. The Morgan fingerprint density at radius 3 is 2.52 bits per heavy atom. The number of rotatable bonds is 4. The van der Waals surface area contributed by atoms with Crippen molar-refractivity contribution in [1.29, 1.82) is 0 Å². The van der Waals surface area contributed by atoms with Crippen LogP contribution < -0.4 is 5.32 Å². The molecule has 0 saturated heterocycles. The van der Waals surface area contributed by atoms with Gasteiger partial charge in [-0.15, -0.1) is 0 Å². The van der Waals surface area contributed by atoms with Crippen molar-refractivity contribution < 1.29 is 23.1 Å². The fourth-order valence-electron chi connectivity index (χ4n) is 2.85. The summed E-state index contributed by atoms with van der Waals surface area (Å²) in [6.45, 7) is 3.12. The smallest absolute Gasteiger partial charge is 0.392 e. The van der Waals surface area contributed by atoms with Crippen LogP contribution in [0.5, 0.6) is 0 Å². The SMILES string of the molecule is Cc1ccc(NC(=O)c2ccc(C(F)(F)F)nc2C)cc1-c1cc(CO)ccn1. The Morgan fingerprint density at radius 1 is 1.10 bits per heavy atom. The number of amides is 1. The number of aromatic nitrogens is 2. The predicted octanol–water partition coefficient (Wildman–Crippen LogP) is 4.52. The zero-order valence-corrected chi connectivity index (χ0v) is 15.7. The molecule has 0 aliphatic heterocycles. The lowest BCUT2D eigenvalue weighted by Gasteiger charge is -2.12. The van der Waals surface area contributed by atoms with Gasteiger partial charge in [0.15, 0.2) is 0 Å². The monoisotopic (exact) mass is 401 g/mol. The quantitative estimate of drug-likeness (QED) is 0.674. The Morgan fingerprint density at radius 2 is 1.86 bits per heavy atom. The number of aliphatic hydroxyl groups excluding tert-OH is 1. The van der Waals surface area contributed by atoms with Crippen LogP contribution in [-0.2, 0) is 12.8 Å². The maximum atomic E-state index is 12.8. The number of aliphatic hydroxyl groups is 1. The summed E-state index contributed by atoms with van der Waals surface area (Å²) in [4.78, 5) is 20.3. The van der Waals surface area contributed by atoms with E-state index in [1.54, 1.807) is 36.5 Å². The third kappa shape index (κ3) is 4.60. The topological polar surface area (TPSA) is 75.1 Å². The minimum absolute atomic E-state index is 0.0121. The molecule has 0 saturated carbocycles. The third-order valence-electron chi connectivity index (χ3n) is 4.40. The second-order valence-electron chi connectivity index (χ2n) is 6.52. The molecule has 5 nitrogen and oxygen atoms in total. The van der Waals surface area contributed by atoms with Crippen molar-refractivity contribution in [2.24, 2.45) is 0 Å². The fourth-order valence-corrected chi connectivity index (χ4v) is 2.85. The number of hydrogen-bond acceptors (Lipinski definition) is 4. The van der Waals surface area contributed by atoms with Gasteiger partial charge >= 0.3 is 6.18 Å². The highest BCUT2D eigenvalue weighted by molar-refractivity contribution is 6.05. The molecule has 2 aromatic heterocycles. The molecule has 3 aromatic rings. The number of carbonyl (C=O) groups is 1. The maximum Gasteiger partial charge on any atom is 0.433 e. The van der Waals surface area contributed by atoms with E-state index in [1.165, 1.54) is 6.92 Å². The van der Waals surface area contributed by atoms with Gasteiger partial charge in [-0.05, 0) is 61.4 Å². The van der Waals surface area contributed by atoms with Crippen LogP contribution >= 0.6 is 0 Å². The van der Waals surface area contributed by atoms with Crippen LogP contribution in [0.2, 0.25) is 0 Å². The first-order chi connectivity index (χ1) is 13.7. The van der Waals surface area contributed by atoms with E-state index in [0.717, 1.165) is 23.3 Å². The fraction of sp³-hybridized carbons (Fsp3) is 0.190. The van der Waals surface area contributed by atoms with Crippen LogP contribution in [-0.4, -0.2) is 21.0 Å². The zero-order valence-electron chi connectivity index (χ0n) is 15.7. The van der Waals surface area contributed by atoms with E-state index >= 15 is 0 Å². The van der Waals surface area contributed by atoms with Gasteiger partial charge in [0.25, 0.3) is 5.91 Å². The van der Waals surface area contributed by atoms with Gasteiger partial charge in [-0.2, -0.15) is 13.2 Å². The van der Waals surface area contributed by atoms with Crippen LogP contribution in [0.3, 0.4) is 0 Å². The lowest BCUT2D eigenvalue weighted by atomic mass is 10.0. The second kappa shape index (κ2) is 8.00. The average Bonchev–Trinajstić information content (AvgIpc) is 2.68. The normalized spacial score (nSPS) is 11.4. The summed E-state index contributed by atoms with van der Waals surface area (Å²) in [6, 6.07) is 10.6. The van der Waals surface area contributed by atoms with Crippen molar-refractivity contribution in [3.05, 3.63) is 76.7 Å². The molecule has 29 heavy (non-hydrogen) atoms.